The molecular formula is C14H20N2O2S. The Balaban J connectivity index is 2.25. The van der Waals surface area contributed by atoms with Crippen molar-refractivity contribution < 1.29 is 8.42 Å². The van der Waals surface area contributed by atoms with E-state index >= 15 is 0 Å². The van der Waals surface area contributed by atoms with E-state index < -0.39 is 10.0 Å². The summed E-state index contributed by atoms with van der Waals surface area (Å²) in [5.41, 5.74) is 0.671. The van der Waals surface area contributed by atoms with Crippen LogP contribution in [0.2, 0.25) is 0 Å². The Morgan fingerprint density at radius 3 is 2.42 bits per heavy atom. The summed E-state index contributed by atoms with van der Waals surface area (Å²) in [7, 11) is -3.46. The molecule has 4 nitrogen and oxygen atoms in total. The lowest BCUT2D eigenvalue weighted by atomic mass is 10.2. The zero-order chi connectivity index (χ0) is 13.9. The van der Waals surface area contributed by atoms with Gasteiger partial charge in [-0.15, -0.1) is 0 Å². The molecule has 0 saturated carbocycles. The molecule has 0 heterocycles. The number of hydrogen-bond donors (Lipinski definition) is 2. The van der Waals surface area contributed by atoms with Crippen molar-refractivity contribution in [2.24, 2.45) is 0 Å². The van der Waals surface area contributed by atoms with Crippen LogP contribution >= 0.6 is 0 Å². The van der Waals surface area contributed by atoms with Gasteiger partial charge in [0.05, 0.1) is 5.69 Å². The Morgan fingerprint density at radius 1 is 1.16 bits per heavy atom. The summed E-state index contributed by atoms with van der Waals surface area (Å²) >= 11 is 0. The molecule has 0 bridgehead atoms. The molecule has 0 unspecified atom stereocenters. The molecule has 0 radical (unpaired) electrons. The fraction of sp³-hybridized carbons (Fsp3) is 0.429. The number of benzene rings is 1. The average molecular weight is 280 g/mol. The Bertz CT molecular complexity index is 557. The van der Waals surface area contributed by atoms with Crippen LogP contribution in [0.15, 0.2) is 41.3 Å². The van der Waals surface area contributed by atoms with Crippen molar-refractivity contribution in [2.75, 3.05) is 5.32 Å². The normalized spacial score (nSPS) is 16.2. The molecule has 0 aromatic heterocycles. The van der Waals surface area contributed by atoms with Gasteiger partial charge >= 0.3 is 0 Å². The number of nitrogens with one attached hydrogen (secondary N) is 2. The zero-order valence-corrected chi connectivity index (χ0v) is 12.1. The smallest absolute Gasteiger partial charge is 0.242 e. The van der Waals surface area contributed by atoms with Crippen LogP contribution in [0.4, 0.5) is 5.69 Å². The highest BCUT2D eigenvalue weighted by atomic mass is 32.2. The minimum Gasteiger partial charge on any atom is -0.381 e. The van der Waals surface area contributed by atoms with E-state index in [4.69, 9.17) is 0 Å². The molecule has 104 valence electrons. The van der Waals surface area contributed by atoms with E-state index in [1.54, 1.807) is 12.1 Å². The second kappa shape index (κ2) is 5.75. The molecule has 2 N–H and O–H groups in total. The summed E-state index contributed by atoms with van der Waals surface area (Å²) in [6.07, 6.45) is 6.10. The summed E-state index contributed by atoms with van der Waals surface area (Å²) in [5.74, 6) is 0. The average Bonchev–Trinajstić information content (AvgIpc) is 2.80. The summed E-state index contributed by atoms with van der Waals surface area (Å²) in [5, 5.41) is 3.31. The predicted molar refractivity (Wildman–Crippen MR) is 77.7 cm³/mol. The summed E-state index contributed by atoms with van der Waals surface area (Å²) < 4.78 is 27.2. The fourth-order valence-electron chi connectivity index (χ4n) is 2.15. The van der Waals surface area contributed by atoms with Gasteiger partial charge in [0.15, 0.2) is 0 Å². The molecule has 1 aliphatic rings. The van der Waals surface area contributed by atoms with Crippen LogP contribution in [-0.4, -0.2) is 20.5 Å². The molecule has 0 amide bonds. The summed E-state index contributed by atoms with van der Waals surface area (Å²) in [6.45, 7) is 3.63. The number of rotatable bonds is 5. The van der Waals surface area contributed by atoms with Crippen LogP contribution in [0.5, 0.6) is 0 Å². The molecule has 0 saturated heterocycles. The number of para-hydroxylation sites is 1. The lowest BCUT2D eigenvalue weighted by Crippen LogP contribution is -2.31. The van der Waals surface area contributed by atoms with E-state index in [1.165, 1.54) is 0 Å². The molecule has 0 spiro atoms. The van der Waals surface area contributed by atoms with Crippen molar-refractivity contribution in [1.29, 1.82) is 0 Å². The molecule has 5 heteroatoms. The van der Waals surface area contributed by atoms with Crippen molar-refractivity contribution in [3.05, 3.63) is 36.4 Å². The topological polar surface area (TPSA) is 58.2 Å². The Labute approximate surface area is 115 Å². The lowest BCUT2D eigenvalue weighted by Gasteiger charge is -2.18. The summed E-state index contributed by atoms with van der Waals surface area (Å²) in [6, 6.07) is 7.20. The van der Waals surface area contributed by atoms with Crippen molar-refractivity contribution in [1.82, 2.24) is 4.72 Å². The first-order chi connectivity index (χ1) is 8.99. The highest BCUT2D eigenvalue weighted by Gasteiger charge is 2.20. The maximum Gasteiger partial charge on any atom is 0.242 e. The van der Waals surface area contributed by atoms with Crippen LogP contribution in [0.1, 0.15) is 26.7 Å². The van der Waals surface area contributed by atoms with Crippen molar-refractivity contribution in [3.8, 4) is 0 Å². The molecule has 19 heavy (non-hydrogen) atoms. The van der Waals surface area contributed by atoms with Gasteiger partial charge in [0.25, 0.3) is 0 Å². The van der Waals surface area contributed by atoms with Gasteiger partial charge in [0.1, 0.15) is 4.90 Å². The number of sulfonamides is 1. The van der Waals surface area contributed by atoms with Crippen molar-refractivity contribution in [3.63, 3.8) is 0 Å². The van der Waals surface area contributed by atoms with E-state index in [1.807, 2.05) is 26.0 Å². The molecular weight excluding hydrogens is 260 g/mol. The third-order valence-electron chi connectivity index (χ3n) is 2.93. The zero-order valence-electron chi connectivity index (χ0n) is 11.3. The van der Waals surface area contributed by atoms with Gasteiger partial charge in [0.2, 0.25) is 10.0 Å². The Kier molecular flexibility index (Phi) is 4.27. The van der Waals surface area contributed by atoms with Gasteiger partial charge in [-0.2, -0.15) is 0 Å². The Hall–Kier alpha value is -1.33. The largest absolute Gasteiger partial charge is 0.381 e. The van der Waals surface area contributed by atoms with Crippen molar-refractivity contribution in [2.45, 2.75) is 43.7 Å². The van der Waals surface area contributed by atoms with Crippen LogP contribution in [0, 0.1) is 0 Å². The number of anilines is 1. The van der Waals surface area contributed by atoms with Gasteiger partial charge in [-0.05, 0) is 38.8 Å². The number of hydrogen-bond acceptors (Lipinski definition) is 3. The predicted octanol–water partition coefficient (Wildman–Crippen LogP) is 2.50. The SMILES string of the molecule is CC(C)NS(=O)(=O)c1ccccc1NC1CC=CC1. The molecule has 1 aromatic rings. The van der Waals surface area contributed by atoms with Gasteiger partial charge in [-0.3, -0.25) is 0 Å². The van der Waals surface area contributed by atoms with E-state index in [0.717, 1.165) is 12.8 Å². The lowest BCUT2D eigenvalue weighted by molar-refractivity contribution is 0.570. The second-order valence-corrected chi connectivity index (χ2v) is 6.74. The van der Waals surface area contributed by atoms with E-state index in [2.05, 4.69) is 22.2 Å². The second-order valence-electron chi connectivity index (χ2n) is 5.06. The van der Waals surface area contributed by atoms with Crippen LogP contribution in [-0.2, 0) is 10.0 Å². The van der Waals surface area contributed by atoms with E-state index in [9.17, 15) is 8.42 Å². The molecule has 2 rings (SSSR count). The Morgan fingerprint density at radius 2 is 1.79 bits per heavy atom. The maximum atomic E-state index is 12.3. The minimum absolute atomic E-state index is 0.119. The quantitative estimate of drug-likeness (QED) is 0.815. The van der Waals surface area contributed by atoms with Crippen LogP contribution in [0.25, 0.3) is 0 Å². The first-order valence-electron chi connectivity index (χ1n) is 6.52. The standard InChI is InChI=1S/C14H20N2O2S/c1-11(2)16-19(17,18)14-10-6-5-9-13(14)15-12-7-3-4-8-12/h3-6,9-12,15-16H,7-8H2,1-2H3. The first kappa shape index (κ1) is 14.1. The monoisotopic (exact) mass is 280 g/mol. The van der Waals surface area contributed by atoms with Crippen LogP contribution < -0.4 is 10.0 Å². The van der Waals surface area contributed by atoms with Gasteiger partial charge in [-0.25, -0.2) is 13.1 Å². The molecule has 0 atom stereocenters. The summed E-state index contributed by atoms with van der Waals surface area (Å²) in [4.78, 5) is 0.315. The third-order valence-corrected chi connectivity index (χ3v) is 4.65. The van der Waals surface area contributed by atoms with Gasteiger partial charge in [-0.1, -0.05) is 24.3 Å². The highest BCUT2D eigenvalue weighted by molar-refractivity contribution is 7.89. The molecule has 1 aliphatic carbocycles. The molecule has 0 fully saturated rings. The third kappa shape index (κ3) is 3.58. The van der Waals surface area contributed by atoms with Gasteiger partial charge < -0.3 is 5.32 Å². The van der Waals surface area contributed by atoms with Crippen molar-refractivity contribution >= 4 is 15.7 Å². The van der Waals surface area contributed by atoms with E-state index in [-0.39, 0.29) is 12.1 Å². The first-order valence-corrected chi connectivity index (χ1v) is 8.00. The van der Waals surface area contributed by atoms with Gasteiger partial charge in [0, 0.05) is 12.1 Å². The molecule has 0 aliphatic heterocycles. The molecule has 1 aromatic carbocycles. The highest BCUT2D eigenvalue weighted by Crippen LogP contribution is 2.24. The van der Waals surface area contributed by atoms with Crippen LogP contribution in [0.3, 0.4) is 0 Å². The minimum atomic E-state index is -3.46. The fourth-order valence-corrected chi connectivity index (χ4v) is 3.57. The maximum absolute atomic E-state index is 12.3. The van der Waals surface area contributed by atoms with E-state index in [0.29, 0.717) is 10.6 Å².